The number of hydrogen-bond donors (Lipinski definition) is 1. The summed E-state index contributed by atoms with van der Waals surface area (Å²) in [5, 5.41) is 13.8. The van der Waals surface area contributed by atoms with E-state index in [2.05, 4.69) is 11.4 Å². The molecule has 0 unspecified atom stereocenters. The second-order valence-electron chi connectivity index (χ2n) is 6.82. The molecule has 5 nitrogen and oxygen atoms in total. The molecule has 0 radical (unpaired) electrons. The number of nitriles is 1. The fourth-order valence-electron chi connectivity index (χ4n) is 3.40. The largest absolute Gasteiger partial charge is 0.325 e. The summed E-state index contributed by atoms with van der Waals surface area (Å²) in [6.07, 6.45) is 0. The number of hydrogen-bond acceptors (Lipinski definition) is 3. The number of amides is 3. The molecule has 0 bridgehead atoms. The predicted octanol–water partition coefficient (Wildman–Crippen LogP) is 3.68. The number of benzene rings is 3. The Morgan fingerprint density at radius 2 is 1.70 bits per heavy atom. The fourth-order valence-corrected chi connectivity index (χ4v) is 3.40. The minimum atomic E-state index is -1.10. The van der Waals surface area contributed by atoms with Crippen LogP contribution < -0.4 is 5.32 Å². The van der Waals surface area contributed by atoms with Gasteiger partial charge in [-0.3, -0.25) is 9.69 Å². The van der Waals surface area contributed by atoms with Gasteiger partial charge in [0.05, 0.1) is 18.2 Å². The van der Waals surface area contributed by atoms with E-state index in [9.17, 15) is 9.59 Å². The predicted molar refractivity (Wildman–Crippen MR) is 102 cm³/mol. The average Bonchev–Trinajstić information content (AvgIpc) is 2.92. The topological polar surface area (TPSA) is 73.2 Å². The van der Waals surface area contributed by atoms with Crippen molar-refractivity contribution in [1.82, 2.24) is 10.2 Å². The van der Waals surface area contributed by atoms with Crippen molar-refractivity contribution in [3.8, 4) is 6.07 Å². The molecule has 0 saturated carbocycles. The summed E-state index contributed by atoms with van der Waals surface area (Å²) in [6, 6.07) is 22.2. The first kappa shape index (κ1) is 16.8. The highest BCUT2D eigenvalue weighted by atomic mass is 16.2. The standard InChI is InChI=1S/C22H17N3O2/c1-22(19-11-10-17-4-2-3-5-18(17)12-19)20(26)25(21(27)24-22)14-16-8-6-15(13-23)7-9-16/h2-12H,14H2,1H3,(H,24,27)/t22-/m1/s1. The number of fused-ring (bicyclic) bond motifs is 1. The van der Waals surface area contributed by atoms with Crippen molar-refractivity contribution in [3.05, 3.63) is 83.4 Å². The molecule has 1 aliphatic rings. The molecule has 1 heterocycles. The van der Waals surface area contributed by atoms with E-state index >= 15 is 0 Å². The van der Waals surface area contributed by atoms with E-state index in [-0.39, 0.29) is 12.5 Å². The van der Waals surface area contributed by atoms with Crippen molar-refractivity contribution in [1.29, 1.82) is 5.26 Å². The summed E-state index contributed by atoms with van der Waals surface area (Å²) in [5.74, 6) is -0.285. The average molecular weight is 355 g/mol. The van der Waals surface area contributed by atoms with E-state index in [1.54, 1.807) is 31.2 Å². The van der Waals surface area contributed by atoms with Gasteiger partial charge in [0.25, 0.3) is 5.91 Å². The van der Waals surface area contributed by atoms with Crippen LogP contribution in [0.4, 0.5) is 4.79 Å². The molecule has 0 aliphatic carbocycles. The molecule has 1 fully saturated rings. The number of nitrogens with zero attached hydrogens (tertiary/aromatic N) is 2. The fraction of sp³-hybridized carbons (Fsp3) is 0.136. The first-order valence-electron chi connectivity index (χ1n) is 8.64. The zero-order chi connectivity index (χ0) is 19.0. The summed E-state index contributed by atoms with van der Waals surface area (Å²) in [6.45, 7) is 1.90. The molecule has 1 saturated heterocycles. The maximum absolute atomic E-state index is 13.1. The van der Waals surface area contributed by atoms with Crippen molar-refractivity contribution in [3.63, 3.8) is 0 Å². The van der Waals surface area contributed by atoms with Gasteiger partial charge in [-0.2, -0.15) is 5.26 Å². The molecule has 1 N–H and O–H groups in total. The van der Waals surface area contributed by atoms with Crippen LogP contribution in [0, 0.1) is 11.3 Å². The van der Waals surface area contributed by atoms with Crippen LogP contribution in [-0.4, -0.2) is 16.8 Å². The van der Waals surface area contributed by atoms with Crippen LogP contribution in [0.5, 0.6) is 0 Å². The van der Waals surface area contributed by atoms with Crippen molar-refractivity contribution < 1.29 is 9.59 Å². The molecule has 3 aromatic rings. The zero-order valence-corrected chi connectivity index (χ0v) is 14.8. The lowest BCUT2D eigenvalue weighted by molar-refractivity contribution is -0.131. The Labute approximate surface area is 156 Å². The summed E-state index contributed by atoms with van der Waals surface area (Å²) in [5.41, 5.74) is 0.979. The molecule has 27 heavy (non-hydrogen) atoms. The molecule has 0 aromatic heterocycles. The number of rotatable bonds is 3. The normalized spacial score (nSPS) is 19.2. The third kappa shape index (κ3) is 2.81. The van der Waals surface area contributed by atoms with Gasteiger partial charge in [-0.05, 0) is 47.0 Å². The number of carbonyl (C=O) groups excluding carboxylic acids is 2. The Hall–Kier alpha value is -3.65. The highest BCUT2D eigenvalue weighted by molar-refractivity contribution is 6.07. The van der Waals surface area contributed by atoms with Crippen molar-refractivity contribution in [2.24, 2.45) is 0 Å². The lowest BCUT2D eigenvalue weighted by atomic mass is 9.90. The molecule has 4 rings (SSSR count). The van der Waals surface area contributed by atoms with Gasteiger partial charge in [-0.25, -0.2) is 4.79 Å². The summed E-state index contributed by atoms with van der Waals surface area (Å²) < 4.78 is 0. The van der Waals surface area contributed by atoms with Gasteiger partial charge >= 0.3 is 6.03 Å². The molecular weight excluding hydrogens is 338 g/mol. The number of nitrogens with one attached hydrogen (secondary N) is 1. The lowest BCUT2D eigenvalue weighted by Crippen LogP contribution is -2.40. The number of urea groups is 1. The molecule has 132 valence electrons. The van der Waals surface area contributed by atoms with E-state index < -0.39 is 11.6 Å². The van der Waals surface area contributed by atoms with Gasteiger partial charge < -0.3 is 5.32 Å². The Bertz CT molecular complexity index is 1100. The Morgan fingerprint density at radius 3 is 2.41 bits per heavy atom. The monoisotopic (exact) mass is 355 g/mol. The third-order valence-corrected chi connectivity index (χ3v) is 5.03. The maximum atomic E-state index is 13.1. The summed E-state index contributed by atoms with van der Waals surface area (Å²) in [4.78, 5) is 26.8. The van der Waals surface area contributed by atoms with Gasteiger partial charge in [0.15, 0.2) is 0 Å². The first-order chi connectivity index (χ1) is 13.0. The molecule has 3 aromatic carbocycles. The van der Waals surface area contributed by atoms with Crippen LogP contribution in [0.2, 0.25) is 0 Å². The van der Waals surface area contributed by atoms with Gasteiger partial charge in [-0.1, -0.05) is 48.5 Å². The SMILES string of the molecule is C[C@]1(c2ccc3ccccc3c2)NC(=O)N(Cc2ccc(C#N)cc2)C1=O. The Morgan fingerprint density at radius 1 is 1.00 bits per heavy atom. The van der Waals surface area contributed by atoms with E-state index in [1.165, 1.54) is 4.90 Å². The van der Waals surface area contributed by atoms with Crippen LogP contribution in [0.3, 0.4) is 0 Å². The number of imide groups is 1. The second kappa shape index (κ2) is 6.26. The quantitative estimate of drug-likeness (QED) is 0.729. The molecule has 0 spiro atoms. The first-order valence-corrected chi connectivity index (χ1v) is 8.64. The van der Waals surface area contributed by atoms with Crippen LogP contribution in [0.1, 0.15) is 23.6 Å². The van der Waals surface area contributed by atoms with E-state index in [4.69, 9.17) is 5.26 Å². The van der Waals surface area contributed by atoms with Crippen molar-refractivity contribution in [2.45, 2.75) is 19.0 Å². The van der Waals surface area contributed by atoms with Crippen LogP contribution in [0.15, 0.2) is 66.7 Å². The van der Waals surface area contributed by atoms with Crippen LogP contribution in [0.25, 0.3) is 10.8 Å². The second-order valence-corrected chi connectivity index (χ2v) is 6.82. The van der Waals surface area contributed by atoms with E-state index in [1.807, 2.05) is 42.5 Å². The van der Waals surface area contributed by atoms with Crippen molar-refractivity contribution in [2.75, 3.05) is 0 Å². The minimum absolute atomic E-state index is 0.166. The summed E-state index contributed by atoms with van der Waals surface area (Å²) >= 11 is 0. The highest BCUT2D eigenvalue weighted by Crippen LogP contribution is 2.31. The van der Waals surface area contributed by atoms with Gasteiger partial charge in [0, 0.05) is 0 Å². The van der Waals surface area contributed by atoms with E-state index in [0.717, 1.165) is 21.9 Å². The van der Waals surface area contributed by atoms with Gasteiger partial charge in [-0.15, -0.1) is 0 Å². The lowest BCUT2D eigenvalue weighted by Gasteiger charge is -2.22. The highest BCUT2D eigenvalue weighted by Gasteiger charge is 2.48. The van der Waals surface area contributed by atoms with Crippen LogP contribution >= 0.6 is 0 Å². The number of carbonyl (C=O) groups is 2. The Balaban J connectivity index is 1.64. The molecule has 5 heteroatoms. The zero-order valence-electron chi connectivity index (χ0n) is 14.8. The summed E-state index contributed by atoms with van der Waals surface area (Å²) in [7, 11) is 0. The molecule has 1 aliphatic heterocycles. The van der Waals surface area contributed by atoms with Crippen LogP contribution in [-0.2, 0) is 16.9 Å². The maximum Gasteiger partial charge on any atom is 0.325 e. The third-order valence-electron chi connectivity index (χ3n) is 5.03. The molecular formula is C22H17N3O2. The minimum Gasteiger partial charge on any atom is -0.319 e. The Kier molecular flexibility index (Phi) is 3.89. The smallest absolute Gasteiger partial charge is 0.319 e. The van der Waals surface area contributed by atoms with Gasteiger partial charge in [0.2, 0.25) is 0 Å². The molecule has 3 amide bonds. The van der Waals surface area contributed by atoms with Crippen molar-refractivity contribution >= 4 is 22.7 Å². The van der Waals surface area contributed by atoms with Gasteiger partial charge in [0.1, 0.15) is 5.54 Å². The molecule has 1 atom stereocenters. The van der Waals surface area contributed by atoms with E-state index in [0.29, 0.717) is 5.56 Å².